The molecule has 0 heterocycles. The number of Topliss-reactive ketones (excluding diaryl/α,β-unsaturated/α-hetero) is 2. The quantitative estimate of drug-likeness (QED) is 0.102. The van der Waals surface area contributed by atoms with Crippen LogP contribution in [0.4, 0.5) is 0 Å². The molecule has 41 heavy (non-hydrogen) atoms. The summed E-state index contributed by atoms with van der Waals surface area (Å²) in [7, 11) is 0. The zero-order valence-electron chi connectivity index (χ0n) is 23.9. The van der Waals surface area contributed by atoms with Crippen LogP contribution in [0.1, 0.15) is 84.5 Å². The molecule has 3 N–H and O–H groups in total. The van der Waals surface area contributed by atoms with Crippen molar-refractivity contribution in [2.45, 2.75) is 96.2 Å². The van der Waals surface area contributed by atoms with E-state index < -0.39 is 47.1 Å². The molecule has 228 valence electrons. The summed E-state index contributed by atoms with van der Waals surface area (Å²) in [6.45, 7) is 2.92. The lowest BCUT2D eigenvalue weighted by Gasteiger charge is -2.59. The first-order valence-corrected chi connectivity index (χ1v) is 14.7. The molecule has 0 unspecified atom stereocenters. The molecule has 0 aliphatic heterocycles. The van der Waals surface area contributed by atoms with E-state index in [2.05, 4.69) is 23.2 Å². The number of aliphatic hydroxyl groups excluding tert-OH is 1. The number of nitrogens with zero attached hydrogens (tertiary/aromatic N) is 1. The molecule has 0 aromatic heterocycles. The highest BCUT2D eigenvalue weighted by Gasteiger charge is 2.68. The van der Waals surface area contributed by atoms with Crippen molar-refractivity contribution >= 4 is 23.4 Å². The third kappa shape index (κ3) is 6.04. The van der Waals surface area contributed by atoms with Crippen LogP contribution in [-0.2, 0) is 28.8 Å². The van der Waals surface area contributed by atoms with Gasteiger partial charge in [-0.3, -0.25) is 19.2 Å². The number of hydrogen-bond acceptors (Lipinski definition) is 10. The van der Waals surface area contributed by atoms with Crippen molar-refractivity contribution in [2.75, 3.05) is 19.8 Å². The van der Waals surface area contributed by atoms with E-state index in [9.17, 15) is 39.5 Å². The number of hydrogen-bond donors (Lipinski definition) is 3. The molecule has 0 bridgehead atoms. The summed E-state index contributed by atoms with van der Waals surface area (Å²) in [6, 6.07) is 0. The Labute approximate surface area is 239 Å². The normalized spacial score (nSPS) is 35.8. The van der Waals surface area contributed by atoms with Crippen molar-refractivity contribution in [1.29, 1.82) is 0 Å². The van der Waals surface area contributed by atoms with Crippen molar-refractivity contribution in [2.24, 2.45) is 28.6 Å². The predicted molar refractivity (Wildman–Crippen MR) is 143 cm³/mol. The Bertz CT molecular complexity index is 1110. The van der Waals surface area contributed by atoms with Gasteiger partial charge in [-0.25, -0.2) is 0 Å². The van der Waals surface area contributed by atoms with Gasteiger partial charge in [-0.1, -0.05) is 31.9 Å². The van der Waals surface area contributed by atoms with E-state index in [1.54, 1.807) is 0 Å². The molecule has 3 saturated carbocycles. The van der Waals surface area contributed by atoms with Crippen molar-refractivity contribution < 1.29 is 44.1 Å². The average Bonchev–Trinajstić information content (AvgIpc) is 3.18. The summed E-state index contributed by atoms with van der Waals surface area (Å²) < 4.78 is 5.12. The van der Waals surface area contributed by atoms with Gasteiger partial charge >= 0.3 is 5.97 Å². The highest BCUT2D eigenvalue weighted by atomic mass is 16.9. The molecule has 4 rings (SSSR count). The molecular weight excluding hydrogens is 536 g/mol. The maximum absolute atomic E-state index is 13.3. The molecule has 4 aliphatic rings. The summed E-state index contributed by atoms with van der Waals surface area (Å²) in [5, 5.41) is 34.9. The number of nitrogens with one attached hydrogen (secondary N) is 1. The number of fused-ring (bicyclic) bond motifs is 5. The Morgan fingerprint density at radius 3 is 2.68 bits per heavy atom. The molecule has 4 aliphatic carbocycles. The first-order valence-electron chi connectivity index (χ1n) is 14.7. The Hall–Kier alpha value is -2.86. The Kier molecular flexibility index (Phi) is 9.22. The lowest BCUT2D eigenvalue weighted by Crippen LogP contribution is -2.62. The van der Waals surface area contributed by atoms with Crippen LogP contribution in [0.5, 0.6) is 0 Å². The highest BCUT2D eigenvalue weighted by molar-refractivity contribution is 5.91. The molecule has 0 aromatic rings. The minimum atomic E-state index is -1.75. The Morgan fingerprint density at radius 1 is 1.20 bits per heavy atom. The third-order valence-corrected chi connectivity index (χ3v) is 10.5. The topological polar surface area (TPSA) is 182 Å². The summed E-state index contributed by atoms with van der Waals surface area (Å²) in [6.07, 6.45) is 6.41. The van der Waals surface area contributed by atoms with Gasteiger partial charge in [-0.05, 0) is 68.1 Å². The summed E-state index contributed by atoms with van der Waals surface area (Å²) in [5.41, 5.74) is -1.79. The fourth-order valence-electron chi connectivity index (χ4n) is 8.35. The predicted octanol–water partition coefficient (Wildman–Crippen LogP) is 2.22. The minimum absolute atomic E-state index is 0.00166. The molecule has 0 saturated heterocycles. The maximum atomic E-state index is 13.3. The summed E-state index contributed by atoms with van der Waals surface area (Å²) in [5.74, 6) is -1.53. The molecule has 0 radical (unpaired) electrons. The third-order valence-electron chi connectivity index (χ3n) is 10.5. The zero-order valence-corrected chi connectivity index (χ0v) is 23.9. The number of rotatable bonds is 12. The lowest BCUT2D eigenvalue weighted by molar-refractivity contribution is -0.757. The second-order valence-electron chi connectivity index (χ2n) is 12.7. The van der Waals surface area contributed by atoms with E-state index in [1.807, 2.05) is 6.92 Å². The van der Waals surface area contributed by atoms with Gasteiger partial charge in [0.1, 0.15) is 17.9 Å². The van der Waals surface area contributed by atoms with Crippen LogP contribution in [0.3, 0.4) is 0 Å². The molecule has 0 spiro atoms. The van der Waals surface area contributed by atoms with Gasteiger partial charge in [0.2, 0.25) is 11.7 Å². The number of carbonyl (C=O) groups excluding carboxylic acids is 4. The van der Waals surface area contributed by atoms with Crippen molar-refractivity contribution in [3.8, 4) is 0 Å². The first kappa shape index (κ1) is 31.1. The van der Waals surface area contributed by atoms with E-state index in [0.29, 0.717) is 51.4 Å². The summed E-state index contributed by atoms with van der Waals surface area (Å²) >= 11 is 0. The van der Waals surface area contributed by atoms with Gasteiger partial charge in [0.05, 0.1) is 12.7 Å². The van der Waals surface area contributed by atoms with Crippen LogP contribution in [0, 0.1) is 38.7 Å². The molecule has 3 fully saturated rings. The van der Waals surface area contributed by atoms with Crippen LogP contribution in [-0.4, -0.2) is 70.2 Å². The zero-order chi connectivity index (χ0) is 30.0. The minimum Gasteiger partial charge on any atom is -0.456 e. The molecule has 1 amide bonds. The number of ether oxygens (including phenoxy) is 1. The van der Waals surface area contributed by atoms with Gasteiger partial charge < -0.3 is 25.1 Å². The highest BCUT2D eigenvalue weighted by Crippen LogP contribution is 2.67. The Balaban J connectivity index is 1.29. The van der Waals surface area contributed by atoms with Crippen molar-refractivity contribution in [3.63, 3.8) is 0 Å². The van der Waals surface area contributed by atoms with Crippen LogP contribution >= 0.6 is 0 Å². The van der Waals surface area contributed by atoms with E-state index in [-0.39, 0.29) is 60.7 Å². The number of amides is 1. The number of esters is 1. The fourth-order valence-corrected chi connectivity index (χ4v) is 8.35. The number of unbranched alkanes of at least 4 members (excludes halogenated alkanes) is 2. The molecule has 12 nitrogen and oxygen atoms in total. The number of carbonyl (C=O) groups is 4. The van der Waals surface area contributed by atoms with Gasteiger partial charge in [-0.15, -0.1) is 10.1 Å². The second kappa shape index (κ2) is 12.2. The van der Waals surface area contributed by atoms with E-state index in [0.717, 1.165) is 5.57 Å². The first-order chi connectivity index (χ1) is 19.3. The Morgan fingerprint density at radius 2 is 1.95 bits per heavy atom. The molecule has 7 atom stereocenters. The van der Waals surface area contributed by atoms with Crippen molar-refractivity contribution in [1.82, 2.24) is 5.32 Å². The van der Waals surface area contributed by atoms with E-state index >= 15 is 0 Å². The van der Waals surface area contributed by atoms with Gasteiger partial charge in [0.25, 0.3) is 5.09 Å². The van der Waals surface area contributed by atoms with Crippen LogP contribution in [0.2, 0.25) is 0 Å². The molecular formula is C29H42N2O10. The van der Waals surface area contributed by atoms with E-state index in [4.69, 9.17) is 4.74 Å². The number of aliphatic hydroxyl groups is 2. The maximum Gasteiger partial charge on any atom is 0.325 e. The van der Waals surface area contributed by atoms with Gasteiger partial charge in [-0.2, -0.15) is 0 Å². The molecule has 0 aromatic carbocycles. The number of ketones is 2. The smallest absolute Gasteiger partial charge is 0.325 e. The fraction of sp³-hybridized carbons (Fsp3) is 0.793. The monoisotopic (exact) mass is 578 g/mol. The average molecular weight is 579 g/mol. The van der Waals surface area contributed by atoms with Crippen LogP contribution in [0.15, 0.2) is 11.6 Å². The second-order valence-corrected chi connectivity index (χ2v) is 12.7. The van der Waals surface area contributed by atoms with Gasteiger partial charge in [0, 0.05) is 24.7 Å². The van der Waals surface area contributed by atoms with E-state index in [1.165, 1.54) is 0 Å². The van der Waals surface area contributed by atoms with Crippen molar-refractivity contribution in [3.05, 3.63) is 21.8 Å². The number of allylic oxidation sites excluding steroid dienone is 2. The standard InChI is InChI=1S/C29H42N2O10/c1-27-11-9-19(32)14-18(27)7-8-20-21-10-12-29(37,28(21,2)15-22(33)26(20)27)23(34)17-40-25(36)16-30-24(35)6-4-3-5-13-41-31(38)39/h7,20-22,26,33,37H,3-6,8-17H2,1-2H3,(H,30,35)/t20-,21-,22-,26+,27-,28-,29-/m0/s1. The SMILES string of the molecule is C[C@]12CCC(=O)CC1=CC[C@@H]1[C@@H]2[C@@H](O)C[C@@]2(C)[C@H]1CC[C@]2(O)C(=O)COC(=O)CNC(=O)CCCCCO[N+](=O)[O-]. The van der Waals surface area contributed by atoms with Gasteiger partial charge in [0.15, 0.2) is 6.61 Å². The summed E-state index contributed by atoms with van der Waals surface area (Å²) in [4.78, 5) is 63.9. The lowest BCUT2D eigenvalue weighted by atomic mass is 9.46. The molecule has 12 heteroatoms. The van der Waals surface area contributed by atoms with Crippen LogP contribution in [0.25, 0.3) is 0 Å². The largest absolute Gasteiger partial charge is 0.456 e. The van der Waals surface area contributed by atoms with Crippen LogP contribution < -0.4 is 5.32 Å².